The Morgan fingerprint density at radius 1 is 1.57 bits per heavy atom. The maximum absolute atomic E-state index is 8.97. The van der Waals surface area contributed by atoms with Crippen LogP contribution < -0.4 is 0 Å². The van der Waals surface area contributed by atoms with E-state index in [9.17, 15) is 0 Å². The fourth-order valence-corrected chi connectivity index (χ4v) is 2.29. The molecule has 0 heterocycles. The molecule has 1 rings (SSSR count). The number of allylic oxidation sites excluding steroid dienone is 1. The molecule has 0 aliphatic heterocycles. The zero-order chi connectivity index (χ0) is 10.6. The van der Waals surface area contributed by atoms with Gasteiger partial charge in [-0.3, -0.25) is 0 Å². The van der Waals surface area contributed by atoms with Gasteiger partial charge in [-0.1, -0.05) is 12.0 Å². The van der Waals surface area contributed by atoms with Gasteiger partial charge in [-0.05, 0) is 26.2 Å². The first-order valence-corrected chi connectivity index (χ1v) is 5.16. The van der Waals surface area contributed by atoms with Gasteiger partial charge in [0.15, 0.2) is 0 Å². The van der Waals surface area contributed by atoms with E-state index in [0.717, 1.165) is 31.3 Å². The van der Waals surface area contributed by atoms with Crippen LogP contribution >= 0.6 is 0 Å². The summed E-state index contributed by atoms with van der Waals surface area (Å²) in [4.78, 5) is 4.58. The zero-order valence-corrected chi connectivity index (χ0v) is 9.08. The lowest BCUT2D eigenvalue weighted by Crippen LogP contribution is -2.44. The highest BCUT2D eigenvalue weighted by atomic mass is 17.1. The first-order chi connectivity index (χ1) is 6.64. The van der Waals surface area contributed by atoms with E-state index in [1.54, 1.807) is 7.11 Å². The van der Waals surface area contributed by atoms with Gasteiger partial charge >= 0.3 is 0 Å². The second kappa shape index (κ2) is 4.91. The largest absolute Gasteiger partial charge is 0.350 e. The average Bonchev–Trinajstić information content (AvgIpc) is 2.18. The molecule has 0 spiro atoms. The summed E-state index contributed by atoms with van der Waals surface area (Å²) in [6.45, 7) is 5.88. The van der Waals surface area contributed by atoms with Crippen LogP contribution in [-0.4, -0.2) is 18.2 Å². The van der Waals surface area contributed by atoms with Crippen LogP contribution in [0.2, 0.25) is 0 Å². The van der Waals surface area contributed by atoms with Gasteiger partial charge in [0.05, 0.1) is 0 Å². The van der Waals surface area contributed by atoms with Gasteiger partial charge in [0.1, 0.15) is 0 Å². The molecule has 82 valence electrons. The van der Waals surface area contributed by atoms with Crippen molar-refractivity contribution in [2.24, 2.45) is 5.92 Å². The Hall–Kier alpha value is -0.380. The molecule has 1 saturated carbocycles. The molecule has 0 bridgehead atoms. The molecule has 0 radical (unpaired) electrons. The molecule has 1 aliphatic rings. The van der Waals surface area contributed by atoms with Crippen LogP contribution in [0.5, 0.6) is 0 Å². The van der Waals surface area contributed by atoms with E-state index >= 15 is 0 Å². The highest BCUT2D eigenvalue weighted by molar-refractivity contribution is 4.96. The van der Waals surface area contributed by atoms with Crippen LogP contribution in [0.15, 0.2) is 12.2 Å². The standard InChI is InChI=1S/C11H20O3/c1-9(2)8-10-6-4-5-7-11(10,13-3)14-12/h10,12H,1,4-8H2,2-3H3/t10-,11-/m0/s1. The summed E-state index contributed by atoms with van der Waals surface area (Å²) >= 11 is 0. The van der Waals surface area contributed by atoms with Gasteiger partial charge in [-0.25, -0.2) is 10.1 Å². The highest BCUT2D eigenvalue weighted by Crippen LogP contribution is 2.40. The maximum Gasteiger partial charge on any atom is 0.204 e. The maximum atomic E-state index is 8.97. The number of methoxy groups -OCH3 is 1. The zero-order valence-electron chi connectivity index (χ0n) is 9.08. The lowest BCUT2D eigenvalue weighted by molar-refractivity contribution is -0.421. The highest BCUT2D eigenvalue weighted by Gasteiger charge is 2.42. The van der Waals surface area contributed by atoms with Crippen molar-refractivity contribution >= 4 is 0 Å². The predicted molar refractivity (Wildman–Crippen MR) is 54.8 cm³/mol. The summed E-state index contributed by atoms with van der Waals surface area (Å²) in [6, 6.07) is 0. The fraction of sp³-hybridized carbons (Fsp3) is 0.818. The smallest absolute Gasteiger partial charge is 0.204 e. The van der Waals surface area contributed by atoms with E-state index in [1.807, 2.05) is 6.92 Å². The summed E-state index contributed by atoms with van der Waals surface area (Å²) in [6.07, 6.45) is 4.86. The number of hydrogen-bond donors (Lipinski definition) is 1. The van der Waals surface area contributed by atoms with Crippen molar-refractivity contribution in [2.45, 2.75) is 44.8 Å². The lowest BCUT2D eigenvalue weighted by atomic mass is 9.80. The minimum Gasteiger partial charge on any atom is -0.350 e. The molecule has 3 heteroatoms. The minimum atomic E-state index is -0.794. The Bertz CT molecular complexity index is 197. The van der Waals surface area contributed by atoms with E-state index < -0.39 is 5.79 Å². The average molecular weight is 200 g/mol. The third-order valence-corrected chi connectivity index (χ3v) is 3.04. The molecule has 1 fully saturated rings. The van der Waals surface area contributed by atoms with Crippen LogP contribution in [0.1, 0.15) is 39.0 Å². The second-order valence-corrected chi connectivity index (χ2v) is 4.21. The van der Waals surface area contributed by atoms with E-state index in [-0.39, 0.29) is 5.92 Å². The Morgan fingerprint density at radius 2 is 2.29 bits per heavy atom. The monoisotopic (exact) mass is 200 g/mol. The summed E-state index contributed by atoms with van der Waals surface area (Å²) in [7, 11) is 1.59. The molecule has 0 unspecified atom stereocenters. The molecule has 0 amide bonds. The topological polar surface area (TPSA) is 38.7 Å². The third-order valence-electron chi connectivity index (χ3n) is 3.04. The van der Waals surface area contributed by atoms with Crippen LogP contribution in [0.4, 0.5) is 0 Å². The van der Waals surface area contributed by atoms with Gasteiger partial charge in [0.25, 0.3) is 0 Å². The van der Waals surface area contributed by atoms with Crippen LogP contribution in [0.3, 0.4) is 0 Å². The van der Waals surface area contributed by atoms with Gasteiger partial charge in [0, 0.05) is 19.4 Å². The van der Waals surface area contributed by atoms with Crippen molar-refractivity contribution < 1.29 is 14.9 Å². The van der Waals surface area contributed by atoms with Gasteiger partial charge < -0.3 is 4.74 Å². The van der Waals surface area contributed by atoms with Crippen LogP contribution in [-0.2, 0) is 9.62 Å². The van der Waals surface area contributed by atoms with E-state index in [1.165, 1.54) is 6.42 Å². The molecule has 0 saturated heterocycles. The summed E-state index contributed by atoms with van der Waals surface area (Å²) in [5, 5.41) is 8.97. The Kier molecular flexibility index (Phi) is 4.11. The predicted octanol–water partition coefficient (Wildman–Crippen LogP) is 2.98. The SMILES string of the molecule is C=C(C)C[C@@H]1CCCC[C@]1(OC)OO. The van der Waals surface area contributed by atoms with Crippen molar-refractivity contribution in [3.05, 3.63) is 12.2 Å². The fourth-order valence-electron chi connectivity index (χ4n) is 2.29. The van der Waals surface area contributed by atoms with Crippen molar-refractivity contribution in [1.29, 1.82) is 0 Å². The van der Waals surface area contributed by atoms with E-state index in [4.69, 9.17) is 9.99 Å². The minimum absolute atomic E-state index is 0.226. The number of rotatable bonds is 4. The molecule has 0 aromatic heterocycles. The molecule has 1 aliphatic carbocycles. The van der Waals surface area contributed by atoms with Gasteiger partial charge in [-0.2, -0.15) is 0 Å². The lowest BCUT2D eigenvalue weighted by Gasteiger charge is -2.40. The molecular formula is C11H20O3. The van der Waals surface area contributed by atoms with Crippen LogP contribution in [0, 0.1) is 5.92 Å². The number of ether oxygens (including phenoxy) is 1. The number of hydrogen-bond acceptors (Lipinski definition) is 3. The Labute approximate surface area is 85.6 Å². The third kappa shape index (κ3) is 2.35. The van der Waals surface area contributed by atoms with E-state index in [0.29, 0.717) is 0 Å². The molecular weight excluding hydrogens is 180 g/mol. The Balaban J connectivity index is 2.71. The van der Waals surface area contributed by atoms with Crippen molar-refractivity contribution in [2.75, 3.05) is 7.11 Å². The second-order valence-electron chi connectivity index (χ2n) is 4.21. The summed E-state index contributed by atoms with van der Waals surface area (Å²) < 4.78 is 5.33. The Morgan fingerprint density at radius 3 is 2.79 bits per heavy atom. The molecule has 0 aromatic rings. The van der Waals surface area contributed by atoms with Crippen LogP contribution in [0.25, 0.3) is 0 Å². The van der Waals surface area contributed by atoms with Gasteiger partial charge in [-0.15, -0.1) is 6.58 Å². The first kappa shape index (κ1) is 11.7. The van der Waals surface area contributed by atoms with Crippen molar-refractivity contribution in [3.63, 3.8) is 0 Å². The van der Waals surface area contributed by atoms with Crippen molar-refractivity contribution in [3.8, 4) is 0 Å². The van der Waals surface area contributed by atoms with Gasteiger partial charge in [0.2, 0.25) is 5.79 Å². The molecule has 14 heavy (non-hydrogen) atoms. The summed E-state index contributed by atoms with van der Waals surface area (Å²) in [5.74, 6) is -0.569. The molecule has 2 atom stereocenters. The normalized spacial score (nSPS) is 32.9. The van der Waals surface area contributed by atoms with E-state index in [2.05, 4.69) is 11.5 Å². The first-order valence-electron chi connectivity index (χ1n) is 5.16. The molecule has 1 N–H and O–H groups in total. The summed E-state index contributed by atoms with van der Waals surface area (Å²) in [5.41, 5.74) is 1.11. The molecule has 3 nitrogen and oxygen atoms in total. The quantitative estimate of drug-likeness (QED) is 0.328. The van der Waals surface area contributed by atoms with Crippen molar-refractivity contribution in [1.82, 2.24) is 0 Å². The molecule has 0 aromatic carbocycles.